The average molecular weight is 416 g/mol. The summed E-state index contributed by atoms with van der Waals surface area (Å²) in [7, 11) is 3.08. The maximum atomic E-state index is 12.5. The van der Waals surface area contributed by atoms with Gasteiger partial charge >= 0.3 is 6.03 Å². The summed E-state index contributed by atoms with van der Waals surface area (Å²) in [6, 6.07) is 4.02. The number of aromatic hydroxyl groups is 1. The second-order valence-electron chi connectivity index (χ2n) is 7.24. The van der Waals surface area contributed by atoms with Gasteiger partial charge in [-0.1, -0.05) is 32.3 Å². The van der Waals surface area contributed by atoms with E-state index in [1.165, 1.54) is 18.2 Å². The Kier molecular flexibility index (Phi) is 6.76. The summed E-state index contributed by atoms with van der Waals surface area (Å²) in [5.74, 6) is 0.372. The molecule has 3 rings (SSSR count). The normalized spacial score (nSPS) is 21.0. The molecule has 1 fully saturated rings. The standard InChI is InChI=1S/C20H28N6O4/c1-4-5-6-7-11-26-15-17(25(2)20(29)23-18(15)28)22-19(26)24-21-12-13-9-8-10-14(30-3)16(13)27/h8-10,12,15,17,27H,4-7,11H2,1-3H3,(H,22,24)(H,23,28,29)/b21-12+. The van der Waals surface area contributed by atoms with Gasteiger partial charge < -0.3 is 19.6 Å². The quantitative estimate of drug-likeness (QED) is 0.335. The molecule has 0 aliphatic carbocycles. The van der Waals surface area contributed by atoms with Gasteiger partial charge in [-0.3, -0.25) is 10.1 Å². The Morgan fingerprint density at radius 3 is 2.87 bits per heavy atom. The number of hydrogen-bond donors (Lipinski definition) is 3. The van der Waals surface area contributed by atoms with E-state index in [4.69, 9.17) is 4.74 Å². The van der Waals surface area contributed by atoms with Crippen LogP contribution in [0.25, 0.3) is 0 Å². The van der Waals surface area contributed by atoms with Crippen molar-refractivity contribution in [3.63, 3.8) is 0 Å². The van der Waals surface area contributed by atoms with Gasteiger partial charge in [0.1, 0.15) is 0 Å². The molecule has 1 aromatic carbocycles. The number of fused-ring (bicyclic) bond motifs is 1. The van der Waals surface area contributed by atoms with E-state index in [-0.39, 0.29) is 11.7 Å². The summed E-state index contributed by atoms with van der Waals surface area (Å²) in [6.45, 7) is 2.75. The van der Waals surface area contributed by atoms with Crippen LogP contribution in [-0.2, 0) is 4.79 Å². The predicted octanol–water partition coefficient (Wildman–Crippen LogP) is 1.45. The number of phenolic OH excluding ortho intramolecular Hbond substituents is 1. The summed E-state index contributed by atoms with van der Waals surface area (Å²) >= 11 is 0. The smallest absolute Gasteiger partial charge is 0.325 e. The van der Waals surface area contributed by atoms with Crippen LogP contribution in [0.4, 0.5) is 4.79 Å². The number of urea groups is 1. The Bertz CT molecular complexity index is 856. The number of methoxy groups -OCH3 is 1. The lowest BCUT2D eigenvalue weighted by molar-refractivity contribution is -0.127. The Morgan fingerprint density at radius 2 is 2.13 bits per heavy atom. The van der Waals surface area contributed by atoms with Gasteiger partial charge in [-0.25, -0.2) is 15.2 Å². The number of benzene rings is 1. The Balaban J connectivity index is 1.77. The van der Waals surface area contributed by atoms with Gasteiger partial charge in [0.15, 0.2) is 23.7 Å². The van der Waals surface area contributed by atoms with Crippen LogP contribution in [0.2, 0.25) is 0 Å². The van der Waals surface area contributed by atoms with E-state index in [0.717, 1.165) is 25.7 Å². The van der Waals surface area contributed by atoms with Crippen molar-refractivity contribution in [1.29, 1.82) is 0 Å². The molecular formula is C20H28N6O4. The molecule has 0 bridgehead atoms. The van der Waals surface area contributed by atoms with Crippen LogP contribution in [0.3, 0.4) is 0 Å². The fourth-order valence-electron chi connectivity index (χ4n) is 3.54. The van der Waals surface area contributed by atoms with E-state index in [1.54, 1.807) is 25.2 Å². The molecule has 10 heteroatoms. The van der Waals surface area contributed by atoms with E-state index in [1.807, 2.05) is 4.90 Å². The highest BCUT2D eigenvalue weighted by atomic mass is 16.5. The molecule has 30 heavy (non-hydrogen) atoms. The van der Waals surface area contributed by atoms with Crippen LogP contribution in [0.15, 0.2) is 28.3 Å². The third-order valence-electron chi connectivity index (χ3n) is 5.23. The van der Waals surface area contributed by atoms with Crippen molar-refractivity contribution < 1.29 is 19.4 Å². The number of imide groups is 1. The molecule has 162 valence electrons. The van der Waals surface area contributed by atoms with E-state index in [0.29, 0.717) is 23.8 Å². The highest BCUT2D eigenvalue weighted by Gasteiger charge is 2.48. The first-order chi connectivity index (χ1) is 14.5. The largest absolute Gasteiger partial charge is 0.504 e. The number of rotatable bonds is 8. The number of nitrogens with one attached hydrogen (secondary N) is 2. The second kappa shape index (κ2) is 9.47. The van der Waals surface area contributed by atoms with Crippen LogP contribution >= 0.6 is 0 Å². The maximum absolute atomic E-state index is 12.5. The summed E-state index contributed by atoms with van der Waals surface area (Å²) in [6.07, 6.45) is 4.99. The molecule has 0 aromatic heterocycles. The first kappa shape index (κ1) is 21.4. The Hall–Kier alpha value is -3.30. The number of amides is 3. The Morgan fingerprint density at radius 1 is 1.33 bits per heavy atom. The third-order valence-corrected chi connectivity index (χ3v) is 5.23. The zero-order valence-corrected chi connectivity index (χ0v) is 17.5. The summed E-state index contributed by atoms with van der Waals surface area (Å²) in [5, 5.41) is 16.7. The number of unbranched alkanes of at least 4 members (excludes halogenated alkanes) is 3. The van der Waals surface area contributed by atoms with Crippen LogP contribution in [0, 0.1) is 0 Å². The zero-order chi connectivity index (χ0) is 21.7. The van der Waals surface area contributed by atoms with Gasteiger partial charge in [-0.15, -0.1) is 0 Å². The number of likely N-dealkylation sites (N-methyl/N-ethyl adjacent to an activating group) is 1. The van der Waals surface area contributed by atoms with E-state index < -0.39 is 18.2 Å². The number of phenols is 1. The number of carbonyl (C=O) groups excluding carboxylic acids is 2. The SMILES string of the molecule is CCCCCCN1C(N/N=C/c2cccc(OC)c2O)=NC2C1C(=O)NC(=O)N2C. The molecular weight excluding hydrogens is 388 g/mol. The van der Waals surface area contributed by atoms with Crippen LogP contribution < -0.4 is 15.5 Å². The average Bonchev–Trinajstić information content (AvgIpc) is 3.10. The van der Waals surface area contributed by atoms with Gasteiger partial charge in [0, 0.05) is 19.2 Å². The van der Waals surface area contributed by atoms with Crippen LogP contribution in [0.5, 0.6) is 11.5 Å². The molecule has 2 aliphatic heterocycles. The van der Waals surface area contributed by atoms with Crippen molar-refractivity contribution in [3.05, 3.63) is 23.8 Å². The van der Waals surface area contributed by atoms with Crippen molar-refractivity contribution in [2.24, 2.45) is 10.1 Å². The fourth-order valence-corrected chi connectivity index (χ4v) is 3.54. The minimum Gasteiger partial charge on any atom is -0.504 e. The van der Waals surface area contributed by atoms with E-state index in [9.17, 15) is 14.7 Å². The predicted molar refractivity (Wildman–Crippen MR) is 113 cm³/mol. The summed E-state index contributed by atoms with van der Waals surface area (Å²) in [4.78, 5) is 32.3. The van der Waals surface area contributed by atoms with Gasteiger partial charge in [0.2, 0.25) is 5.96 Å². The maximum Gasteiger partial charge on any atom is 0.325 e. The molecule has 3 amide bonds. The first-order valence-corrected chi connectivity index (χ1v) is 10.0. The topological polar surface area (TPSA) is 119 Å². The van der Waals surface area contributed by atoms with Crippen molar-refractivity contribution in [3.8, 4) is 11.5 Å². The van der Waals surface area contributed by atoms with Crippen molar-refractivity contribution in [1.82, 2.24) is 20.5 Å². The number of ether oxygens (including phenoxy) is 1. The minimum atomic E-state index is -0.611. The third kappa shape index (κ3) is 4.32. The number of carbonyl (C=O) groups is 2. The number of para-hydroxylation sites is 1. The first-order valence-electron chi connectivity index (χ1n) is 10.0. The van der Waals surface area contributed by atoms with E-state index in [2.05, 4.69) is 27.8 Å². The van der Waals surface area contributed by atoms with Gasteiger partial charge in [-0.05, 0) is 18.6 Å². The summed E-state index contributed by atoms with van der Waals surface area (Å²) in [5.41, 5.74) is 3.34. The second-order valence-corrected chi connectivity index (χ2v) is 7.24. The van der Waals surface area contributed by atoms with Gasteiger partial charge in [0.05, 0.1) is 13.3 Å². The molecule has 0 spiro atoms. The molecule has 10 nitrogen and oxygen atoms in total. The lowest BCUT2D eigenvalue weighted by Gasteiger charge is -2.36. The monoisotopic (exact) mass is 416 g/mol. The molecule has 2 aliphatic rings. The van der Waals surface area contributed by atoms with Crippen LogP contribution in [-0.4, -0.2) is 71.9 Å². The zero-order valence-electron chi connectivity index (χ0n) is 17.5. The fraction of sp³-hybridized carbons (Fsp3) is 0.500. The number of aliphatic imine (C=N–C) groups is 1. The highest BCUT2D eigenvalue weighted by molar-refractivity contribution is 6.03. The molecule has 0 radical (unpaired) electrons. The molecule has 2 unspecified atom stereocenters. The highest BCUT2D eigenvalue weighted by Crippen LogP contribution is 2.28. The molecule has 0 saturated carbocycles. The molecule has 2 atom stereocenters. The Labute approximate surface area is 175 Å². The van der Waals surface area contributed by atoms with Gasteiger partial charge in [-0.2, -0.15) is 5.10 Å². The molecule has 1 aromatic rings. The molecule has 3 N–H and O–H groups in total. The lowest BCUT2D eigenvalue weighted by Crippen LogP contribution is -2.64. The number of hydrogen-bond acceptors (Lipinski definition) is 8. The number of nitrogens with zero attached hydrogens (tertiary/aromatic N) is 4. The van der Waals surface area contributed by atoms with E-state index >= 15 is 0 Å². The van der Waals surface area contributed by atoms with Crippen molar-refractivity contribution >= 4 is 24.1 Å². The van der Waals surface area contributed by atoms with Crippen molar-refractivity contribution in [2.45, 2.75) is 44.8 Å². The number of hydrazone groups is 1. The molecule has 2 heterocycles. The van der Waals surface area contributed by atoms with Gasteiger partial charge in [0.25, 0.3) is 5.91 Å². The van der Waals surface area contributed by atoms with Crippen molar-refractivity contribution in [2.75, 3.05) is 20.7 Å². The lowest BCUT2D eigenvalue weighted by atomic mass is 10.1. The molecule has 1 saturated heterocycles. The minimum absolute atomic E-state index is 0.0197. The number of guanidine groups is 1. The van der Waals surface area contributed by atoms with Crippen LogP contribution in [0.1, 0.15) is 38.2 Å². The summed E-state index contributed by atoms with van der Waals surface area (Å²) < 4.78 is 5.10.